The van der Waals surface area contributed by atoms with E-state index in [0.717, 1.165) is 29.9 Å². The fraction of sp³-hybridized carbons (Fsp3) is 0.556. The summed E-state index contributed by atoms with van der Waals surface area (Å²) < 4.78 is 22.6. The van der Waals surface area contributed by atoms with Crippen molar-refractivity contribution in [3.63, 3.8) is 0 Å². The summed E-state index contributed by atoms with van der Waals surface area (Å²) in [5.41, 5.74) is 8.15. The van der Waals surface area contributed by atoms with E-state index in [1.54, 1.807) is 0 Å². The average Bonchev–Trinajstić information content (AvgIpc) is 3.57. The van der Waals surface area contributed by atoms with Crippen LogP contribution in [0.3, 0.4) is 0 Å². The number of rotatable bonds is 5. The maximum absolute atomic E-state index is 10.9. The Labute approximate surface area is 286 Å². The van der Waals surface area contributed by atoms with Crippen LogP contribution in [0, 0.1) is 12.3 Å². The lowest BCUT2D eigenvalue weighted by molar-refractivity contribution is 0.101. The van der Waals surface area contributed by atoms with Crippen molar-refractivity contribution in [2.75, 3.05) is 12.4 Å². The zero-order chi connectivity index (χ0) is 34.9. The number of nitrogens with two attached hydrogens (primary N) is 1. The van der Waals surface area contributed by atoms with Gasteiger partial charge in [0.15, 0.2) is 12.4 Å². The highest BCUT2D eigenvalue weighted by Gasteiger charge is 2.31. The molecular weight excluding hydrogens is 614 g/mol. The quantitative estimate of drug-likeness (QED) is 0.208. The Balaban J connectivity index is 0.000000864. The summed E-state index contributed by atoms with van der Waals surface area (Å²) in [6, 6.07) is 6.31. The molecular formula is C36H59N5O5S. The number of aromatic nitrogens is 3. The van der Waals surface area contributed by atoms with Gasteiger partial charge in [-0.2, -0.15) is 0 Å². The standard InChI is InChI=1S/C21H34N2O2S.C10H9N3O3.2C2H6.CH4/c1-8-16-11-12-26(7)24-14-20(3,4)19(22)23-21(5,6)17-13-15(2)9-10-18(17)25-16;1-7(14)8-4-13-9(5-12-8)16-6-10-11-2-3-15-10;2*1-2;/h9-10,13,16H,7-8,11-12,14H2,1-6H3,(H2,22,23);2-5H,6H2,1H3;2*1-2H3;1H4/t16-,26?;;;;/m0..../s1. The molecule has 47 heavy (non-hydrogen) atoms. The van der Waals surface area contributed by atoms with Crippen LogP contribution < -0.4 is 15.2 Å². The Kier molecular flexibility index (Phi) is 19.7. The lowest BCUT2D eigenvalue weighted by Gasteiger charge is -2.30. The SMILES string of the molecule is C.C=S1CC[C@H](CC)Oc2ccc(C)cc2C(C)(C)N=C(N)C(C)(C)CO1.CC.CC.CC(=O)c1cnc(OCc2ncco2)cn1. The van der Waals surface area contributed by atoms with Crippen LogP contribution in [0.15, 0.2) is 52.5 Å². The molecule has 2 N–H and O–H groups in total. The van der Waals surface area contributed by atoms with Gasteiger partial charge in [-0.05, 0) is 51.6 Å². The third-order valence-corrected chi connectivity index (χ3v) is 7.85. The Morgan fingerprint density at radius 1 is 1.11 bits per heavy atom. The average molecular weight is 674 g/mol. The maximum atomic E-state index is 10.9. The summed E-state index contributed by atoms with van der Waals surface area (Å²) in [4.78, 5) is 27.5. The molecule has 1 aliphatic rings. The first kappa shape index (κ1) is 43.4. The molecule has 264 valence electrons. The molecule has 2 atom stereocenters. The van der Waals surface area contributed by atoms with Crippen molar-refractivity contribution in [2.45, 2.75) is 115 Å². The van der Waals surface area contributed by atoms with Crippen LogP contribution >= 0.6 is 10.8 Å². The second kappa shape index (κ2) is 21.3. The van der Waals surface area contributed by atoms with Crippen LogP contribution in [0.25, 0.3) is 0 Å². The number of aliphatic imine (C=N–C) groups is 1. The summed E-state index contributed by atoms with van der Waals surface area (Å²) in [6.07, 6.45) is 7.76. The number of Topliss-reactive ketones (excluding diaryl/α,β-unsaturated/α-hetero) is 1. The highest BCUT2D eigenvalue weighted by molar-refractivity contribution is 8.09. The second-order valence-corrected chi connectivity index (χ2v) is 12.8. The molecule has 3 heterocycles. The molecule has 4 rings (SSSR count). The third-order valence-electron chi connectivity index (χ3n) is 6.71. The van der Waals surface area contributed by atoms with Crippen LogP contribution in [-0.4, -0.2) is 50.9 Å². The number of ether oxygens (including phenoxy) is 2. The van der Waals surface area contributed by atoms with Crippen molar-refractivity contribution >= 4 is 28.3 Å². The smallest absolute Gasteiger partial charge is 0.232 e. The van der Waals surface area contributed by atoms with E-state index in [-0.39, 0.29) is 42.1 Å². The number of nitrogens with zero attached hydrogens (tertiary/aromatic N) is 4. The molecule has 0 bridgehead atoms. The first-order chi connectivity index (χ1) is 21.8. The van der Waals surface area contributed by atoms with E-state index in [4.69, 9.17) is 28.8 Å². The minimum atomic E-state index is -0.485. The third kappa shape index (κ3) is 14.4. The molecule has 2 aromatic heterocycles. The number of aryl methyl sites for hydroxylation is 1. The van der Waals surface area contributed by atoms with Crippen LogP contribution in [0.2, 0.25) is 0 Å². The maximum Gasteiger partial charge on any atom is 0.232 e. The molecule has 1 unspecified atom stereocenters. The molecule has 0 saturated heterocycles. The number of ketones is 1. The number of carbonyl (C=O) groups is 1. The number of fused-ring (bicyclic) bond motifs is 1. The van der Waals surface area contributed by atoms with Gasteiger partial charge in [-0.3, -0.25) is 9.79 Å². The molecule has 3 aromatic rings. The second-order valence-electron chi connectivity index (χ2n) is 11.3. The number of hydrogen-bond donors (Lipinski definition) is 1. The lowest BCUT2D eigenvalue weighted by Crippen LogP contribution is -2.38. The molecule has 0 saturated carbocycles. The van der Waals surface area contributed by atoms with Crippen LogP contribution in [0.4, 0.5) is 0 Å². The Morgan fingerprint density at radius 3 is 2.34 bits per heavy atom. The Hall–Kier alpha value is -3.57. The van der Waals surface area contributed by atoms with E-state index in [1.807, 2.05) is 27.7 Å². The zero-order valence-electron chi connectivity index (χ0n) is 29.7. The van der Waals surface area contributed by atoms with Gasteiger partial charge in [0.25, 0.3) is 0 Å². The molecule has 0 aliphatic carbocycles. The molecule has 0 fully saturated rings. The van der Waals surface area contributed by atoms with Crippen molar-refractivity contribution in [2.24, 2.45) is 16.1 Å². The monoisotopic (exact) mass is 673 g/mol. The summed E-state index contributed by atoms with van der Waals surface area (Å²) in [5, 5.41) is 0. The topological polar surface area (TPSA) is 135 Å². The molecule has 1 aliphatic heterocycles. The Morgan fingerprint density at radius 2 is 1.79 bits per heavy atom. The summed E-state index contributed by atoms with van der Waals surface area (Å²) in [6.45, 7) is 22.7. The van der Waals surface area contributed by atoms with Gasteiger partial charge in [0.05, 0.1) is 36.8 Å². The normalized spacial score (nSPS) is 18.2. The van der Waals surface area contributed by atoms with Crippen LogP contribution in [0.1, 0.15) is 117 Å². The molecule has 1 aromatic carbocycles. The highest BCUT2D eigenvalue weighted by atomic mass is 32.2. The van der Waals surface area contributed by atoms with Gasteiger partial charge in [0, 0.05) is 23.7 Å². The number of hydrogen-bond acceptors (Lipinski definition) is 10. The van der Waals surface area contributed by atoms with E-state index in [1.165, 1.54) is 37.3 Å². The first-order valence-electron chi connectivity index (χ1n) is 15.9. The van der Waals surface area contributed by atoms with E-state index in [9.17, 15) is 4.79 Å². The number of carbonyl (C=O) groups excluding carboxylic acids is 1. The number of benzene rings is 1. The van der Waals surface area contributed by atoms with E-state index >= 15 is 0 Å². The summed E-state index contributed by atoms with van der Waals surface area (Å²) >= 11 is 0. The van der Waals surface area contributed by atoms with E-state index < -0.39 is 5.54 Å². The van der Waals surface area contributed by atoms with Crippen molar-refractivity contribution in [1.82, 2.24) is 15.0 Å². The van der Waals surface area contributed by atoms with E-state index in [2.05, 4.69) is 80.6 Å². The van der Waals surface area contributed by atoms with Crippen molar-refractivity contribution in [3.05, 3.63) is 65.8 Å². The van der Waals surface area contributed by atoms with Crippen molar-refractivity contribution < 1.29 is 22.9 Å². The van der Waals surface area contributed by atoms with Gasteiger partial charge in [-0.1, -0.05) is 78.3 Å². The van der Waals surface area contributed by atoms with Gasteiger partial charge < -0.3 is 23.8 Å². The summed E-state index contributed by atoms with van der Waals surface area (Å²) in [5.74, 6) is 7.18. The van der Waals surface area contributed by atoms with Crippen LogP contribution in [0.5, 0.6) is 11.6 Å². The minimum Gasteiger partial charge on any atom is -0.490 e. The first-order valence-corrected chi connectivity index (χ1v) is 17.4. The fourth-order valence-electron chi connectivity index (χ4n) is 3.92. The highest BCUT2D eigenvalue weighted by Crippen LogP contribution is 2.37. The van der Waals surface area contributed by atoms with Gasteiger partial charge in [-0.15, -0.1) is 0 Å². The molecule has 10 nitrogen and oxygen atoms in total. The van der Waals surface area contributed by atoms with Crippen LogP contribution in [-0.2, 0) is 16.3 Å². The summed E-state index contributed by atoms with van der Waals surface area (Å²) in [7, 11) is -0.362. The number of oxazole rings is 1. The Bertz CT molecular complexity index is 1370. The molecule has 0 spiro atoms. The zero-order valence-corrected chi connectivity index (χ0v) is 30.5. The lowest BCUT2D eigenvalue weighted by atomic mass is 9.89. The van der Waals surface area contributed by atoms with E-state index in [0.29, 0.717) is 29.9 Å². The predicted octanol–water partition coefficient (Wildman–Crippen LogP) is 8.74. The largest absolute Gasteiger partial charge is 0.490 e. The van der Waals surface area contributed by atoms with Gasteiger partial charge >= 0.3 is 0 Å². The predicted molar refractivity (Wildman–Crippen MR) is 197 cm³/mol. The van der Waals surface area contributed by atoms with Crippen molar-refractivity contribution in [3.8, 4) is 11.6 Å². The molecule has 0 amide bonds. The number of amidine groups is 1. The van der Waals surface area contributed by atoms with Gasteiger partial charge in [0.1, 0.15) is 23.5 Å². The molecule has 11 heteroatoms. The van der Waals surface area contributed by atoms with Crippen molar-refractivity contribution in [1.29, 1.82) is 0 Å². The van der Waals surface area contributed by atoms with Gasteiger partial charge in [-0.25, -0.2) is 15.0 Å². The minimum absolute atomic E-state index is 0. The van der Waals surface area contributed by atoms with Gasteiger partial charge in [0.2, 0.25) is 11.8 Å². The molecule has 0 radical (unpaired) electrons. The fourth-order valence-corrected chi connectivity index (χ4v) is 5.03.